The fraction of sp³-hybridized carbons (Fsp3) is 0.545. The molecule has 0 aliphatic carbocycles. The van der Waals surface area contributed by atoms with Gasteiger partial charge in [-0.15, -0.1) is 0 Å². The van der Waals surface area contributed by atoms with Crippen LogP contribution in [0.4, 0.5) is 0 Å². The third-order valence-electron chi connectivity index (χ3n) is 2.21. The molecule has 0 saturated carbocycles. The van der Waals surface area contributed by atoms with Crippen LogP contribution in [0.3, 0.4) is 0 Å². The van der Waals surface area contributed by atoms with Crippen LogP contribution >= 0.6 is 0 Å². The number of aliphatic hydroxyl groups is 1. The maximum atomic E-state index is 9.35. The first-order valence-corrected chi connectivity index (χ1v) is 4.82. The van der Waals surface area contributed by atoms with Crippen molar-refractivity contribution in [3.05, 3.63) is 29.6 Å². The molecule has 0 bridgehead atoms. The number of pyridine rings is 1. The Morgan fingerprint density at radius 3 is 2.77 bits per heavy atom. The summed E-state index contributed by atoms with van der Waals surface area (Å²) in [6.45, 7) is 3.97. The standard InChI is InChI=1S/C11H17NO/c1-3-11(13)7-6-10-5-4-9(2)12-8-10/h4-5,8,11,13H,3,6-7H2,1-2H3. The molecule has 1 aromatic heterocycles. The van der Waals surface area contributed by atoms with Crippen molar-refractivity contribution >= 4 is 0 Å². The summed E-state index contributed by atoms with van der Waals surface area (Å²) in [6, 6.07) is 4.08. The number of aliphatic hydroxyl groups excluding tert-OH is 1. The number of aryl methyl sites for hydroxylation is 2. The number of hydrogen-bond donors (Lipinski definition) is 1. The molecule has 0 saturated heterocycles. The summed E-state index contributed by atoms with van der Waals surface area (Å²) in [5.74, 6) is 0. The van der Waals surface area contributed by atoms with Gasteiger partial charge in [0, 0.05) is 11.9 Å². The van der Waals surface area contributed by atoms with Crippen LogP contribution in [0.1, 0.15) is 31.0 Å². The second-order valence-electron chi connectivity index (χ2n) is 3.41. The van der Waals surface area contributed by atoms with Gasteiger partial charge in [-0.1, -0.05) is 13.0 Å². The minimum Gasteiger partial charge on any atom is -0.393 e. The first kappa shape index (κ1) is 10.2. The Labute approximate surface area is 79.6 Å². The van der Waals surface area contributed by atoms with Gasteiger partial charge in [-0.3, -0.25) is 4.98 Å². The predicted octanol–water partition coefficient (Wildman–Crippen LogP) is 2.09. The fourth-order valence-electron chi connectivity index (χ4n) is 1.18. The zero-order valence-corrected chi connectivity index (χ0v) is 8.33. The van der Waals surface area contributed by atoms with E-state index in [1.54, 1.807) is 0 Å². The largest absolute Gasteiger partial charge is 0.393 e. The molecule has 13 heavy (non-hydrogen) atoms. The lowest BCUT2D eigenvalue weighted by atomic mass is 10.1. The summed E-state index contributed by atoms with van der Waals surface area (Å²) in [7, 11) is 0. The highest BCUT2D eigenvalue weighted by molar-refractivity contribution is 5.13. The third kappa shape index (κ3) is 3.55. The molecule has 1 aromatic rings. The van der Waals surface area contributed by atoms with E-state index < -0.39 is 0 Å². The average Bonchev–Trinajstić information content (AvgIpc) is 2.16. The summed E-state index contributed by atoms with van der Waals surface area (Å²) in [5, 5.41) is 9.35. The molecule has 0 amide bonds. The van der Waals surface area contributed by atoms with Crippen LogP contribution in [0.5, 0.6) is 0 Å². The zero-order valence-electron chi connectivity index (χ0n) is 8.33. The molecule has 0 aromatic carbocycles. The number of hydrogen-bond acceptors (Lipinski definition) is 2. The summed E-state index contributed by atoms with van der Waals surface area (Å²) in [4.78, 5) is 4.20. The Kier molecular flexibility index (Phi) is 3.90. The van der Waals surface area contributed by atoms with E-state index in [1.165, 1.54) is 5.56 Å². The second kappa shape index (κ2) is 4.97. The molecule has 72 valence electrons. The Hall–Kier alpha value is -0.890. The second-order valence-corrected chi connectivity index (χ2v) is 3.41. The van der Waals surface area contributed by atoms with Gasteiger partial charge in [-0.25, -0.2) is 0 Å². The minimum atomic E-state index is -0.165. The Morgan fingerprint density at radius 1 is 1.46 bits per heavy atom. The number of nitrogens with zero attached hydrogens (tertiary/aromatic N) is 1. The molecule has 2 heteroatoms. The first-order chi connectivity index (χ1) is 6.22. The van der Waals surface area contributed by atoms with Crippen molar-refractivity contribution in [2.75, 3.05) is 0 Å². The third-order valence-corrected chi connectivity index (χ3v) is 2.21. The molecular weight excluding hydrogens is 162 g/mol. The maximum absolute atomic E-state index is 9.35. The molecule has 0 fully saturated rings. The van der Waals surface area contributed by atoms with Gasteiger partial charge in [-0.2, -0.15) is 0 Å². The molecule has 0 radical (unpaired) electrons. The van der Waals surface area contributed by atoms with Crippen molar-refractivity contribution in [3.8, 4) is 0 Å². The SMILES string of the molecule is CCC(O)CCc1ccc(C)nc1. The maximum Gasteiger partial charge on any atom is 0.0540 e. The van der Waals surface area contributed by atoms with Crippen LogP contribution < -0.4 is 0 Å². The molecule has 1 heterocycles. The van der Waals surface area contributed by atoms with E-state index in [2.05, 4.69) is 11.1 Å². The van der Waals surface area contributed by atoms with Crippen LogP contribution in [0, 0.1) is 6.92 Å². The number of rotatable bonds is 4. The van der Waals surface area contributed by atoms with Gasteiger partial charge >= 0.3 is 0 Å². The van der Waals surface area contributed by atoms with Crippen LogP contribution in [-0.4, -0.2) is 16.2 Å². The van der Waals surface area contributed by atoms with Gasteiger partial charge in [0.25, 0.3) is 0 Å². The topological polar surface area (TPSA) is 33.1 Å². The highest BCUT2D eigenvalue weighted by atomic mass is 16.3. The number of aromatic nitrogens is 1. The summed E-state index contributed by atoms with van der Waals surface area (Å²) >= 11 is 0. The van der Waals surface area contributed by atoms with Gasteiger partial charge in [-0.05, 0) is 37.8 Å². The zero-order chi connectivity index (χ0) is 9.68. The van der Waals surface area contributed by atoms with E-state index in [9.17, 15) is 5.11 Å². The normalized spacial score (nSPS) is 12.8. The van der Waals surface area contributed by atoms with E-state index >= 15 is 0 Å². The van der Waals surface area contributed by atoms with E-state index in [0.29, 0.717) is 0 Å². The molecule has 1 N–H and O–H groups in total. The Bertz CT molecular complexity index is 243. The quantitative estimate of drug-likeness (QED) is 0.767. The van der Waals surface area contributed by atoms with Crippen LogP contribution in [0.15, 0.2) is 18.3 Å². The molecule has 0 aliphatic heterocycles. The van der Waals surface area contributed by atoms with Gasteiger partial charge in [0.1, 0.15) is 0 Å². The summed E-state index contributed by atoms with van der Waals surface area (Å²) in [5.41, 5.74) is 2.25. The van der Waals surface area contributed by atoms with Crippen molar-refractivity contribution in [2.24, 2.45) is 0 Å². The van der Waals surface area contributed by atoms with Gasteiger partial charge in [0.15, 0.2) is 0 Å². The van der Waals surface area contributed by atoms with Crippen LogP contribution in [0.2, 0.25) is 0 Å². The molecular formula is C11H17NO. The van der Waals surface area contributed by atoms with Crippen molar-refractivity contribution < 1.29 is 5.11 Å². The monoisotopic (exact) mass is 179 g/mol. The van der Waals surface area contributed by atoms with Crippen molar-refractivity contribution in [1.82, 2.24) is 4.98 Å². The summed E-state index contributed by atoms with van der Waals surface area (Å²) in [6.07, 6.45) is 4.31. The molecule has 2 nitrogen and oxygen atoms in total. The molecule has 1 unspecified atom stereocenters. The molecule has 1 rings (SSSR count). The van der Waals surface area contributed by atoms with E-state index in [1.807, 2.05) is 26.1 Å². The minimum absolute atomic E-state index is 0.165. The van der Waals surface area contributed by atoms with Crippen molar-refractivity contribution in [2.45, 2.75) is 39.2 Å². The Balaban J connectivity index is 2.41. The van der Waals surface area contributed by atoms with Gasteiger partial charge in [0.2, 0.25) is 0 Å². The fourth-order valence-corrected chi connectivity index (χ4v) is 1.18. The molecule has 1 atom stereocenters. The molecule has 0 aliphatic rings. The van der Waals surface area contributed by atoms with Crippen molar-refractivity contribution in [3.63, 3.8) is 0 Å². The predicted molar refractivity (Wildman–Crippen MR) is 53.6 cm³/mol. The van der Waals surface area contributed by atoms with Crippen molar-refractivity contribution in [1.29, 1.82) is 0 Å². The molecule has 0 spiro atoms. The first-order valence-electron chi connectivity index (χ1n) is 4.82. The van der Waals surface area contributed by atoms with Crippen LogP contribution in [0.25, 0.3) is 0 Å². The summed E-state index contributed by atoms with van der Waals surface area (Å²) < 4.78 is 0. The highest BCUT2D eigenvalue weighted by Crippen LogP contribution is 2.06. The Morgan fingerprint density at radius 2 is 2.23 bits per heavy atom. The van der Waals surface area contributed by atoms with E-state index in [4.69, 9.17) is 0 Å². The van der Waals surface area contributed by atoms with Gasteiger partial charge in [0.05, 0.1) is 6.10 Å². The van der Waals surface area contributed by atoms with Gasteiger partial charge < -0.3 is 5.11 Å². The highest BCUT2D eigenvalue weighted by Gasteiger charge is 2.01. The van der Waals surface area contributed by atoms with Crippen LogP contribution in [-0.2, 0) is 6.42 Å². The lowest BCUT2D eigenvalue weighted by Crippen LogP contribution is -2.05. The average molecular weight is 179 g/mol. The lowest BCUT2D eigenvalue weighted by Gasteiger charge is -2.06. The smallest absolute Gasteiger partial charge is 0.0540 e. The van der Waals surface area contributed by atoms with E-state index in [0.717, 1.165) is 25.0 Å². The lowest BCUT2D eigenvalue weighted by molar-refractivity contribution is 0.160. The van der Waals surface area contributed by atoms with E-state index in [-0.39, 0.29) is 6.10 Å².